The predicted octanol–water partition coefficient (Wildman–Crippen LogP) is 3.86. The number of thioether (sulfide) groups is 2. The number of hydrogen-bond acceptors (Lipinski definition) is 5. The molecule has 84 valence electrons. The quantitative estimate of drug-likeness (QED) is 0.786. The summed E-state index contributed by atoms with van der Waals surface area (Å²) in [6, 6.07) is 8.62. The van der Waals surface area contributed by atoms with E-state index in [0.29, 0.717) is 0 Å². The van der Waals surface area contributed by atoms with Gasteiger partial charge in [0.1, 0.15) is 0 Å². The highest BCUT2D eigenvalue weighted by atomic mass is 32.2. The molecule has 0 saturated heterocycles. The maximum atomic E-state index is 4.13. The fraction of sp³-hybridized carbons (Fsp3) is 0.273. The summed E-state index contributed by atoms with van der Waals surface area (Å²) >= 11 is 5.05. The van der Waals surface area contributed by atoms with Gasteiger partial charge in [0.25, 0.3) is 0 Å². The molecule has 0 aliphatic heterocycles. The van der Waals surface area contributed by atoms with Crippen LogP contribution < -0.4 is 0 Å². The van der Waals surface area contributed by atoms with Crippen molar-refractivity contribution in [1.29, 1.82) is 0 Å². The number of rotatable bonds is 4. The van der Waals surface area contributed by atoms with E-state index < -0.39 is 0 Å². The molecular weight excluding hydrogens is 256 g/mol. The van der Waals surface area contributed by atoms with Crippen LogP contribution in [0.3, 0.4) is 0 Å². The van der Waals surface area contributed by atoms with Gasteiger partial charge in [-0.25, -0.2) is 0 Å². The van der Waals surface area contributed by atoms with Gasteiger partial charge in [0.15, 0.2) is 8.68 Å². The van der Waals surface area contributed by atoms with Crippen molar-refractivity contribution in [1.82, 2.24) is 10.2 Å². The van der Waals surface area contributed by atoms with Crippen LogP contribution in [0.2, 0.25) is 0 Å². The van der Waals surface area contributed by atoms with Crippen molar-refractivity contribution in [2.75, 3.05) is 6.26 Å². The Morgan fingerprint density at radius 2 is 1.81 bits per heavy atom. The molecule has 1 heterocycles. The van der Waals surface area contributed by atoms with Crippen LogP contribution in [0.1, 0.15) is 11.1 Å². The van der Waals surface area contributed by atoms with Crippen molar-refractivity contribution in [2.45, 2.75) is 21.4 Å². The van der Waals surface area contributed by atoms with Crippen molar-refractivity contribution in [3.8, 4) is 0 Å². The Kier molecular flexibility index (Phi) is 4.26. The van der Waals surface area contributed by atoms with E-state index in [9.17, 15) is 0 Å². The maximum absolute atomic E-state index is 4.13. The average molecular weight is 268 g/mol. The van der Waals surface area contributed by atoms with E-state index in [1.165, 1.54) is 11.1 Å². The van der Waals surface area contributed by atoms with Gasteiger partial charge in [0.2, 0.25) is 0 Å². The molecule has 0 aliphatic carbocycles. The minimum absolute atomic E-state index is 0.962. The molecule has 2 rings (SSSR count). The summed E-state index contributed by atoms with van der Waals surface area (Å²) in [6.07, 6.45) is 2.02. The molecule has 0 aliphatic rings. The highest BCUT2D eigenvalue weighted by molar-refractivity contribution is 8.02. The van der Waals surface area contributed by atoms with Crippen molar-refractivity contribution in [3.63, 3.8) is 0 Å². The lowest BCUT2D eigenvalue weighted by Crippen LogP contribution is -1.80. The van der Waals surface area contributed by atoms with Gasteiger partial charge in [0.05, 0.1) is 0 Å². The van der Waals surface area contributed by atoms with Crippen molar-refractivity contribution in [3.05, 3.63) is 35.4 Å². The molecule has 0 radical (unpaired) electrons. The van der Waals surface area contributed by atoms with Crippen LogP contribution in [0.5, 0.6) is 0 Å². The minimum Gasteiger partial charge on any atom is -0.131 e. The fourth-order valence-corrected chi connectivity index (χ4v) is 3.56. The van der Waals surface area contributed by atoms with E-state index >= 15 is 0 Å². The molecule has 1 aromatic heterocycles. The standard InChI is InChI=1S/C11H12N2S3/c1-8-3-5-9(6-4-8)7-15-11-13-12-10(14-2)16-11/h3-6H,7H2,1-2H3. The Balaban J connectivity index is 1.94. The third-order valence-electron chi connectivity index (χ3n) is 2.05. The topological polar surface area (TPSA) is 25.8 Å². The molecule has 0 N–H and O–H groups in total. The normalized spacial score (nSPS) is 10.6. The van der Waals surface area contributed by atoms with Crippen LogP contribution in [-0.2, 0) is 5.75 Å². The van der Waals surface area contributed by atoms with Crippen LogP contribution in [0.25, 0.3) is 0 Å². The van der Waals surface area contributed by atoms with Gasteiger partial charge in [-0.3, -0.25) is 0 Å². The van der Waals surface area contributed by atoms with Gasteiger partial charge in [-0.15, -0.1) is 10.2 Å². The van der Waals surface area contributed by atoms with Crippen LogP contribution in [0.15, 0.2) is 32.9 Å². The minimum atomic E-state index is 0.962. The largest absolute Gasteiger partial charge is 0.175 e. The zero-order valence-electron chi connectivity index (χ0n) is 9.14. The van der Waals surface area contributed by atoms with Crippen LogP contribution in [0, 0.1) is 6.92 Å². The molecule has 0 atom stereocenters. The van der Waals surface area contributed by atoms with E-state index in [2.05, 4.69) is 41.4 Å². The summed E-state index contributed by atoms with van der Waals surface area (Å²) in [6.45, 7) is 2.10. The van der Waals surface area contributed by atoms with E-state index in [4.69, 9.17) is 0 Å². The lowest BCUT2D eigenvalue weighted by molar-refractivity contribution is 0.955. The first kappa shape index (κ1) is 12.0. The predicted molar refractivity (Wildman–Crippen MR) is 72.4 cm³/mol. The average Bonchev–Trinajstić information content (AvgIpc) is 2.76. The van der Waals surface area contributed by atoms with Gasteiger partial charge in [-0.2, -0.15) is 0 Å². The molecule has 16 heavy (non-hydrogen) atoms. The third kappa shape index (κ3) is 3.23. The zero-order chi connectivity index (χ0) is 11.4. The number of nitrogens with zero attached hydrogens (tertiary/aromatic N) is 2. The van der Waals surface area contributed by atoms with Crippen LogP contribution in [-0.4, -0.2) is 16.5 Å². The van der Waals surface area contributed by atoms with E-state index in [1.54, 1.807) is 34.9 Å². The van der Waals surface area contributed by atoms with E-state index in [-0.39, 0.29) is 0 Å². The summed E-state index contributed by atoms with van der Waals surface area (Å²) in [5.74, 6) is 0.962. The number of aryl methyl sites for hydroxylation is 1. The monoisotopic (exact) mass is 268 g/mol. The molecule has 0 spiro atoms. The van der Waals surface area contributed by atoms with Crippen LogP contribution >= 0.6 is 34.9 Å². The number of hydrogen-bond donors (Lipinski definition) is 0. The Bertz CT molecular complexity index is 451. The summed E-state index contributed by atoms with van der Waals surface area (Å²) < 4.78 is 2.08. The van der Waals surface area contributed by atoms with Gasteiger partial charge in [-0.05, 0) is 18.7 Å². The molecule has 0 bridgehead atoms. The van der Waals surface area contributed by atoms with Gasteiger partial charge in [0, 0.05) is 5.75 Å². The van der Waals surface area contributed by atoms with Gasteiger partial charge >= 0.3 is 0 Å². The molecular formula is C11H12N2S3. The van der Waals surface area contributed by atoms with Gasteiger partial charge < -0.3 is 0 Å². The summed E-state index contributed by atoms with van der Waals surface area (Å²) in [4.78, 5) is 0. The maximum Gasteiger partial charge on any atom is 0.175 e. The molecule has 2 aromatic rings. The fourth-order valence-electron chi connectivity index (χ4n) is 1.17. The first-order valence-corrected chi connectivity index (χ1v) is 7.86. The third-order valence-corrected chi connectivity index (χ3v) is 5.15. The Hall–Kier alpha value is -0.520. The molecule has 2 nitrogen and oxygen atoms in total. The molecule has 0 amide bonds. The van der Waals surface area contributed by atoms with E-state index in [0.717, 1.165) is 14.4 Å². The molecule has 1 aromatic carbocycles. The van der Waals surface area contributed by atoms with E-state index in [1.807, 2.05) is 6.26 Å². The Morgan fingerprint density at radius 3 is 2.44 bits per heavy atom. The second-order valence-electron chi connectivity index (χ2n) is 3.31. The van der Waals surface area contributed by atoms with Crippen molar-refractivity contribution >= 4 is 34.9 Å². The molecule has 0 saturated carbocycles. The number of aromatic nitrogens is 2. The first-order valence-electron chi connectivity index (χ1n) is 4.84. The van der Waals surface area contributed by atoms with Crippen molar-refractivity contribution in [2.24, 2.45) is 0 Å². The van der Waals surface area contributed by atoms with Gasteiger partial charge in [-0.1, -0.05) is 64.7 Å². The first-order chi connectivity index (χ1) is 7.78. The zero-order valence-corrected chi connectivity index (χ0v) is 11.6. The lowest BCUT2D eigenvalue weighted by Gasteiger charge is -1.98. The summed E-state index contributed by atoms with van der Waals surface area (Å²) in [5.41, 5.74) is 2.63. The molecule has 5 heteroatoms. The Morgan fingerprint density at radius 1 is 1.12 bits per heavy atom. The number of benzene rings is 1. The second kappa shape index (κ2) is 5.70. The highest BCUT2D eigenvalue weighted by Crippen LogP contribution is 2.29. The molecule has 0 fully saturated rings. The summed E-state index contributed by atoms with van der Waals surface area (Å²) in [7, 11) is 0. The molecule has 0 unspecified atom stereocenters. The second-order valence-corrected chi connectivity index (χ2v) is 6.57. The smallest absolute Gasteiger partial charge is 0.131 e. The van der Waals surface area contributed by atoms with Crippen LogP contribution in [0.4, 0.5) is 0 Å². The Labute approximate surface area is 108 Å². The SMILES string of the molecule is CSc1nnc(SCc2ccc(C)cc2)s1. The van der Waals surface area contributed by atoms with Crippen molar-refractivity contribution < 1.29 is 0 Å². The highest BCUT2D eigenvalue weighted by Gasteiger charge is 2.03. The summed E-state index contributed by atoms with van der Waals surface area (Å²) in [5, 5.41) is 8.20. The lowest BCUT2D eigenvalue weighted by atomic mass is 10.2.